The van der Waals surface area contributed by atoms with Gasteiger partial charge in [-0.1, -0.05) is 0 Å². The number of carbonyl (C=O) groups is 1. The number of rotatable bonds is 1. The number of amides is 1. The first-order valence-corrected chi connectivity index (χ1v) is 3.83. The molecule has 5 heteroatoms. The van der Waals surface area contributed by atoms with Crippen molar-refractivity contribution >= 4 is 5.91 Å². The van der Waals surface area contributed by atoms with Crippen LogP contribution in [0.4, 0.5) is 13.2 Å². The van der Waals surface area contributed by atoms with Crippen LogP contribution in [-0.4, -0.2) is 18.6 Å². The van der Waals surface area contributed by atoms with Gasteiger partial charge in [0, 0.05) is 12.5 Å². The minimum Gasteiger partial charge on any atom is -0.356 e. The second-order valence-corrected chi connectivity index (χ2v) is 2.95. The van der Waals surface area contributed by atoms with Gasteiger partial charge in [-0.3, -0.25) is 4.79 Å². The van der Waals surface area contributed by atoms with Gasteiger partial charge in [0.25, 0.3) is 0 Å². The summed E-state index contributed by atoms with van der Waals surface area (Å²) in [5, 5.41) is 2.42. The Morgan fingerprint density at radius 3 is 2.67 bits per heavy atom. The molecule has 1 N–H and O–H groups in total. The lowest BCUT2D eigenvalue weighted by atomic mass is 9.95. The van der Waals surface area contributed by atoms with Crippen LogP contribution in [0.1, 0.15) is 19.3 Å². The summed E-state index contributed by atoms with van der Waals surface area (Å²) in [7, 11) is 0. The van der Waals surface area contributed by atoms with Gasteiger partial charge in [-0.25, -0.2) is 0 Å². The van der Waals surface area contributed by atoms with Gasteiger partial charge >= 0.3 is 6.18 Å². The molecule has 0 aromatic heterocycles. The smallest absolute Gasteiger partial charge is 0.356 e. The third-order valence-electron chi connectivity index (χ3n) is 1.88. The van der Waals surface area contributed by atoms with E-state index in [4.69, 9.17) is 0 Å². The molecule has 70 valence electrons. The van der Waals surface area contributed by atoms with Gasteiger partial charge in [0.2, 0.25) is 5.91 Å². The first kappa shape index (κ1) is 9.35. The molecule has 0 bridgehead atoms. The van der Waals surface area contributed by atoms with Gasteiger partial charge in [-0.2, -0.15) is 13.2 Å². The van der Waals surface area contributed by atoms with Crippen LogP contribution in [0.25, 0.3) is 0 Å². The van der Waals surface area contributed by atoms with Gasteiger partial charge in [0.05, 0.1) is 6.42 Å². The van der Waals surface area contributed by atoms with E-state index in [1.807, 2.05) is 0 Å². The highest BCUT2D eigenvalue weighted by molar-refractivity contribution is 5.79. The minimum absolute atomic E-state index is 0.353. The molecule has 1 rings (SSSR count). The molecule has 0 saturated carbocycles. The zero-order valence-corrected chi connectivity index (χ0v) is 6.45. The Morgan fingerprint density at radius 1 is 1.50 bits per heavy atom. The van der Waals surface area contributed by atoms with Crippen molar-refractivity contribution in [3.8, 4) is 0 Å². The van der Waals surface area contributed by atoms with E-state index < -0.39 is 24.4 Å². The quantitative estimate of drug-likeness (QED) is 0.652. The zero-order chi connectivity index (χ0) is 9.19. The number of piperidine rings is 1. The molecule has 0 radical (unpaired) electrons. The molecular formula is C7H10F3NO. The highest BCUT2D eigenvalue weighted by Gasteiger charge is 2.35. The Labute approximate surface area is 68.1 Å². The van der Waals surface area contributed by atoms with Crippen LogP contribution >= 0.6 is 0 Å². The molecule has 1 saturated heterocycles. The second kappa shape index (κ2) is 3.33. The molecule has 1 atom stereocenters. The molecule has 1 fully saturated rings. The van der Waals surface area contributed by atoms with E-state index in [1.54, 1.807) is 0 Å². The van der Waals surface area contributed by atoms with E-state index in [0.717, 1.165) is 0 Å². The standard InChI is InChI=1S/C7H10F3NO/c8-7(9,10)4-5-2-1-3-11-6(5)12/h5H,1-4H2,(H,11,12)/t5-/m0/s1. The summed E-state index contributed by atoms with van der Waals surface area (Å²) in [5.74, 6) is -1.32. The van der Waals surface area contributed by atoms with Gasteiger partial charge in [0.1, 0.15) is 0 Å². The average Bonchev–Trinajstić information content (AvgIpc) is 1.91. The molecule has 2 nitrogen and oxygen atoms in total. The summed E-state index contributed by atoms with van der Waals surface area (Å²) in [5.41, 5.74) is 0. The molecular weight excluding hydrogens is 171 g/mol. The van der Waals surface area contributed by atoms with E-state index >= 15 is 0 Å². The van der Waals surface area contributed by atoms with Gasteiger partial charge in [0.15, 0.2) is 0 Å². The average molecular weight is 181 g/mol. The molecule has 0 unspecified atom stereocenters. The highest BCUT2D eigenvalue weighted by Crippen LogP contribution is 2.28. The van der Waals surface area contributed by atoms with Crippen LogP contribution < -0.4 is 5.32 Å². The Hall–Kier alpha value is -0.740. The van der Waals surface area contributed by atoms with Crippen molar-refractivity contribution in [2.45, 2.75) is 25.4 Å². The lowest BCUT2D eigenvalue weighted by Gasteiger charge is -2.22. The summed E-state index contributed by atoms with van der Waals surface area (Å²) in [6.45, 7) is 0.507. The van der Waals surface area contributed by atoms with Gasteiger partial charge in [-0.05, 0) is 12.8 Å². The van der Waals surface area contributed by atoms with Crippen LogP contribution in [0.2, 0.25) is 0 Å². The number of carbonyl (C=O) groups excluding carboxylic acids is 1. The van der Waals surface area contributed by atoms with Crippen LogP contribution in [0.3, 0.4) is 0 Å². The zero-order valence-electron chi connectivity index (χ0n) is 6.45. The van der Waals surface area contributed by atoms with Crippen molar-refractivity contribution in [1.29, 1.82) is 0 Å². The molecule has 0 spiro atoms. The predicted molar refractivity (Wildman–Crippen MR) is 36.4 cm³/mol. The Kier molecular flexibility index (Phi) is 2.59. The summed E-state index contributed by atoms with van der Waals surface area (Å²) in [4.78, 5) is 10.9. The van der Waals surface area contributed by atoms with E-state index in [2.05, 4.69) is 5.32 Å². The molecule has 1 amide bonds. The summed E-state index contributed by atoms with van der Waals surface area (Å²) in [6.07, 6.45) is -4.21. The fraction of sp³-hybridized carbons (Fsp3) is 0.857. The van der Waals surface area contributed by atoms with Gasteiger partial charge < -0.3 is 5.32 Å². The number of hydrogen-bond acceptors (Lipinski definition) is 1. The van der Waals surface area contributed by atoms with Crippen molar-refractivity contribution in [3.63, 3.8) is 0 Å². The molecule has 0 aliphatic carbocycles. The van der Waals surface area contributed by atoms with Crippen molar-refractivity contribution in [2.75, 3.05) is 6.54 Å². The van der Waals surface area contributed by atoms with E-state index in [1.165, 1.54) is 0 Å². The van der Waals surface area contributed by atoms with Crippen LogP contribution in [0.15, 0.2) is 0 Å². The van der Waals surface area contributed by atoms with Crippen LogP contribution in [0, 0.1) is 5.92 Å². The van der Waals surface area contributed by atoms with E-state index in [-0.39, 0.29) is 0 Å². The lowest BCUT2D eigenvalue weighted by molar-refractivity contribution is -0.156. The fourth-order valence-electron chi connectivity index (χ4n) is 1.31. The first-order chi connectivity index (χ1) is 5.49. The Balaban J connectivity index is 2.45. The lowest BCUT2D eigenvalue weighted by Crippen LogP contribution is -2.38. The topological polar surface area (TPSA) is 29.1 Å². The van der Waals surface area contributed by atoms with Crippen molar-refractivity contribution in [2.24, 2.45) is 5.92 Å². The maximum Gasteiger partial charge on any atom is 0.389 e. The van der Waals surface area contributed by atoms with Crippen LogP contribution in [-0.2, 0) is 4.79 Å². The highest BCUT2D eigenvalue weighted by atomic mass is 19.4. The van der Waals surface area contributed by atoms with Crippen LogP contribution in [0.5, 0.6) is 0 Å². The van der Waals surface area contributed by atoms with Crippen molar-refractivity contribution in [1.82, 2.24) is 5.32 Å². The monoisotopic (exact) mass is 181 g/mol. The third kappa shape index (κ3) is 2.71. The molecule has 0 aromatic carbocycles. The Bertz CT molecular complexity index is 178. The largest absolute Gasteiger partial charge is 0.389 e. The Morgan fingerprint density at radius 2 is 2.17 bits per heavy atom. The van der Waals surface area contributed by atoms with Crippen molar-refractivity contribution in [3.05, 3.63) is 0 Å². The molecule has 12 heavy (non-hydrogen) atoms. The molecule has 0 aromatic rings. The first-order valence-electron chi connectivity index (χ1n) is 3.83. The SMILES string of the molecule is O=C1NCCC[C@H]1CC(F)(F)F. The van der Waals surface area contributed by atoms with E-state index in [9.17, 15) is 18.0 Å². The number of alkyl halides is 3. The second-order valence-electron chi connectivity index (χ2n) is 2.95. The fourth-order valence-corrected chi connectivity index (χ4v) is 1.31. The normalized spacial score (nSPS) is 25.2. The summed E-state index contributed by atoms with van der Waals surface area (Å²) >= 11 is 0. The molecule has 1 aliphatic heterocycles. The maximum atomic E-state index is 11.8. The number of halogens is 3. The molecule has 1 aliphatic rings. The van der Waals surface area contributed by atoms with Crippen molar-refractivity contribution < 1.29 is 18.0 Å². The van der Waals surface area contributed by atoms with E-state index in [0.29, 0.717) is 19.4 Å². The number of hydrogen-bond donors (Lipinski definition) is 1. The minimum atomic E-state index is -4.22. The molecule has 1 heterocycles. The predicted octanol–water partition coefficient (Wildman–Crippen LogP) is 1.47. The van der Waals surface area contributed by atoms with Gasteiger partial charge in [-0.15, -0.1) is 0 Å². The maximum absolute atomic E-state index is 11.8. The third-order valence-corrected chi connectivity index (χ3v) is 1.88. The summed E-state index contributed by atoms with van der Waals surface area (Å²) in [6, 6.07) is 0. The number of nitrogens with one attached hydrogen (secondary N) is 1. The summed E-state index contributed by atoms with van der Waals surface area (Å²) < 4.78 is 35.5.